The van der Waals surface area contributed by atoms with Crippen LogP contribution in [-0.4, -0.2) is 21.4 Å². The summed E-state index contributed by atoms with van der Waals surface area (Å²) in [6.45, 7) is 2.40. The van der Waals surface area contributed by atoms with E-state index in [4.69, 9.17) is 0 Å². The third kappa shape index (κ3) is 3.32. The number of aliphatic hydroxyl groups is 1. The van der Waals surface area contributed by atoms with Gasteiger partial charge in [0.25, 0.3) is 0 Å². The zero-order valence-corrected chi connectivity index (χ0v) is 11.1. The Morgan fingerprint density at radius 3 is 2.68 bits per heavy atom. The van der Waals surface area contributed by atoms with E-state index in [0.29, 0.717) is 12.1 Å². The van der Waals surface area contributed by atoms with E-state index in [1.54, 1.807) is 16.8 Å². The maximum Gasteiger partial charge on any atom is 0.123 e. The van der Waals surface area contributed by atoms with Crippen molar-refractivity contribution in [3.63, 3.8) is 0 Å². The summed E-state index contributed by atoms with van der Waals surface area (Å²) < 4.78 is 14.5. The summed E-state index contributed by atoms with van der Waals surface area (Å²) in [5.74, 6) is -0.301. The zero-order chi connectivity index (χ0) is 13.8. The highest BCUT2D eigenvalue weighted by Gasteiger charge is 2.10. The van der Waals surface area contributed by atoms with Crippen molar-refractivity contribution in [3.8, 4) is 0 Å². The molecular weight excluding hydrogens is 245 g/mol. The Kier molecular flexibility index (Phi) is 4.16. The Bertz CT molecular complexity index is 536. The molecule has 2 aromatic rings. The fourth-order valence-corrected chi connectivity index (χ4v) is 1.95. The van der Waals surface area contributed by atoms with Crippen LogP contribution >= 0.6 is 0 Å². The molecule has 0 aliphatic rings. The van der Waals surface area contributed by atoms with Gasteiger partial charge in [0.15, 0.2) is 0 Å². The molecule has 0 radical (unpaired) electrons. The second-order valence-corrected chi connectivity index (χ2v) is 4.46. The fraction of sp³-hybridized carbons (Fsp3) is 0.357. The van der Waals surface area contributed by atoms with Crippen LogP contribution in [0, 0.1) is 5.82 Å². The Morgan fingerprint density at radius 2 is 2.05 bits per heavy atom. The molecule has 19 heavy (non-hydrogen) atoms. The molecule has 0 bridgehead atoms. The Balaban J connectivity index is 1.99. The minimum absolute atomic E-state index is 0.301. The molecule has 0 saturated heterocycles. The van der Waals surface area contributed by atoms with Crippen molar-refractivity contribution in [2.24, 2.45) is 7.05 Å². The molecule has 1 aromatic heterocycles. The van der Waals surface area contributed by atoms with Gasteiger partial charge in [0.1, 0.15) is 5.82 Å². The van der Waals surface area contributed by atoms with Crippen LogP contribution in [-0.2, 0) is 13.5 Å². The van der Waals surface area contributed by atoms with E-state index in [2.05, 4.69) is 10.4 Å². The first-order valence-electron chi connectivity index (χ1n) is 6.30. The molecule has 1 heterocycles. The van der Waals surface area contributed by atoms with Gasteiger partial charge in [0.05, 0.1) is 17.5 Å². The predicted octanol–water partition coefficient (Wildman–Crippen LogP) is 2.27. The number of rotatable bonds is 5. The molecule has 1 aromatic carbocycles. The first kappa shape index (κ1) is 13.5. The number of aryl methyl sites for hydroxylation is 2. The van der Waals surface area contributed by atoms with E-state index >= 15 is 0 Å². The van der Waals surface area contributed by atoms with Crippen LogP contribution in [0.3, 0.4) is 0 Å². The van der Waals surface area contributed by atoms with Gasteiger partial charge < -0.3 is 10.4 Å². The molecule has 0 aliphatic heterocycles. The molecule has 0 spiro atoms. The van der Waals surface area contributed by atoms with E-state index in [1.807, 2.05) is 20.2 Å². The summed E-state index contributed by atoms with van der Waals surface area (Å²) in [6, 6.07) is 5.87. The highest BCUT2D eigenvalue weighted by Crippen LogP contribution is 2.17. The van der Waals surface area contributed by atoms with Crippen molar-refractivity contribution in [2.45, 2.75) is 19.4 Å². The van der Waals surface area contributed by atoms with Crippen molar-refractivity contribution >= 4 is 5.69 Å². The van der Waals surface area contributed by atoms with E-state index in [1.165, 1.54) is 12.1 Å². The Morgan fingerprint density at radius 1 is 1.37 bits per heavy atom. The van der Waals surface area contributed by atoms with Crippen LogP contribution < -0.4 is 5.32 Å². The maximum atomic E-state index is 12.8. The van der Waals surface area contributed by atoms with Gasteiger partial charge in [-0.2, -0.15) is 5.10 Å². The topological polar surface area (TPSA) is 50.1 Å². The smallest absolute Gasteiger partial charge is 0.123 e. The van der Waals surface area contributed by atoms with Crippen LogP contribution in [0.25, 0.3) is 0 Å². The SMILES string of the molecule is CCc1nn(C)cc1NCC(O)c1ccc(F)cc1. The molecule has 2 rings (SSSR count). The Labute approximate surface area is 111 Å². The Hall–Kier alpha value is -1.88. The number of aliphatic hydroxyl groups excluding tert-OH is 1. The van der Waals surface area contributed by atoms with Gasteiger partial charge >= 0.3 is 0 Å². The molecule has 0 aliphatic carbocycles. The number of benzene rings is 1. The molecule has 2 N–H and O–H groups in total. The van der Waals surface area contributed by atoms with Gasteiger partial charge in [-0.05, 0) is 24.1 Å². The minimum Gasteiger partial charge on any atom is -0.387 e. The van der Waals surface area contributed by atoms with Crippen molar-refractivity contribution in [1.82, 2.24) is 9.78 Å². The fourth-order valence-electron chi connectivity index (χ4n) is 1.95. The number of hydrogen-bond donors (Lipinski definition) is 2. The predicted molar refractivity (Wildman–Crippen MR) is 72.4 cm³/mol. The molecule has 4 nitrogen and oxygen atoms in total. The lowest BCUT2D eigenvalue weighted by Gasteiger charge is -2.12. The number of anilines is 1. The average molecular weight is 263 g/mol. The van der Waals surface area contributed by atoms with Crippen LogP contribution in [0.5, 0.6) is 0 Å². The van der Waals surface area contributed by atoms with Crippen LogP contribution in [0.15, 0.2) is 30.5 Å². The minimum atomic E-state index is -0.675. The number of aromatic nitrogens is 2. The summed E-state index contributed by atoms with van der Waals surface area (Å²) in [5, 5.41) is 17.5. The van der Waals surface area contributed by atoms with Crippen LogP contribution in [0.2, 0.25) is 0 Å². The lowest BCUT2D eigenvalue weighted by Crippen LogP contribution is -2.12. The van der Waals surface area contributed by atoms with Crippen molar-refractivity contribution < 1.29 is 9.50 Å². The number of hydrogen-bond acceptors (Lipinski definition) is 3. The van der Waals surface area contributed by atoms with Crippen LogP contribution in [0.1, 0.15) is 24.3 Å². The lowest BCUT2D eigenvalue weighted by molar-refractivity contribution is 0.191. The first-order chi connectivity index (χ1) is 9.10. The second kappa shape index (κ2) is 5.84. The van der Waals surface area contributed by atoms with E-state index < -0.39 is 6.10 Å². The second-order valence-electron chi connectivity index (χ2n) is 4.46. The molecule has 0 fully saturated rings. The van der Waals surface area contributed by atoms with E-state index in [-0.39, 0.29) is 5.82 Å². The van der Waals surface area contributed by atoms with Gasteiger partial charge in [-0.15, -0.1) is 0 Å². The summed E-state index contributed by atoms with van der Waals surface area (Å²) in [6.07, 6.45) is 2.04. The molecule has 102 valence electrons. The van der Waals surface area contributed by atoms with Gasteiger partial charge in [-0.25, -0.2) is 4.39 Å². The van der Waals surface area contributed by atoms with Crippen molar-refractivity contribution in [3.05, 3.63) is 47.5 Å². The highest BCUT2D eigenvalue weighted by atomic mass is 19.1. The van der Waals surface area contributed by atoms with Crippen LogP contribution in [0.4, 0.5) is 10.1 Å². The average Bonchev–Trinajstić information content (AvgIpc) is 2.77. The van der Waals surface area contributed by atoms with Gasteiger partial charge in [0, 0.05) is 19.8 Å². The quantitative estimate of drug-likeness (QED) is 0.870. The lowest BCUT2D eigenvalue weighted by atomic mass is 10.1. The van der Waals surface area contributed by atoms with E-state index in [9.17, 15) is 9.50 Å². The zero-order valence-electron chi connectivity index (χ0n) is 11.1. The summed E-state index contributed by atoms with van der Waals surface area (Å²) in [4.78, 5) is 0. The van der Waals surface area contributed by atoms with Crippen molar-refractivity contribution in [1.29, 1.82) is 0 Å². The molecule has 0 saturated carbocycles. The van der Waals surface area contributed by atoms with Gasteiger partial charge in [0.2, 0.25) is 0 Å². The molecule has 1 atom stereocenters. The molecule has 5 heteroatoms. The summed E-state index contributed by atoms with van der Waals surface area (Å²) >= 11 is 0. The number of halogens is 1. The summed E-state index contributed by atoms with van der Waals surface area (Å²) in [5.41, 5.74) is 2.58. The van der Waals surface area contributed by atoms with Gasteiger partial charge in [-0.1, -0.05) is 19.1 Å². The molecule has 0 amide bonds. The third-order valence-corrected chi connectivity index (χ3v) is 2.98. The molecule has 1 unspecified atom stereocenters. The van der Waals surface area contributed by atoms with Crippen molar-refractivity contribution in [2.75, 3.05) is 11.9 Å². The maximum absolute atomic E-state index is 12.8. The van der Waals surface area contributed by atoms with E-state index in [0.717, 1.165) is 17.8 Å². The first-order valence-corrected chi connectivity index (χ1v) is 6.30. The van der Waals surface area contributed by atoms with Gasteiger partial charge in [-0.3, -0.25) is 4.68 Å². The third-order valence-electron chi connectivity index (χ3n) is 2.98. The molecular formula is C14H18FN3O. The number of nitrogens with one attached hydrogen (secondary N) is 1. The largest absolute Gasteiger partial charge is 0.387 e. The highest BCUT2D eigenvalue weighted by molar-refractivity contribution is 5.46. The number of nitrogens with zero attached hydrogens (tertiary/aromatic N) is 2. The normalized spacial score (nSPS) is 12.4. The summed E-state index contributed by atoms with van der Waals surface area (Å²) in [7, 11) is 1.86. The standard InChI is InChI=1S/C14H18FN3O/c1-3-12-13(9-18(2)17-12)16-8-14(19)10-4-6-11(15)7-5-10/h4-7,9,14,16,19H,3,8H2,1-2H3. The monoisotopic (exact) mass is 263 g/mol.